The molecule has 0 spiro atoms. The third-order valence-corrected chi connectivity index (χ3v) is 10.2. The number of ketones is 1. The van der Waals surface area contributed by atoms with Crippen LogP contribution in [-0.4, -0.2) is 73.9 Å². The number of nitrogens with zero attached hydrogens (tertiary/aromatic N) is 3. The highest BCUT2D eigenvalue weighted by atomic mass is 32.2. The highest BCUT2D eigenvalue weighted by Crippen LogP contribution is 2.53. The van der Waals surface area contributed by atoms with Crippen LogP contribution in [0, 0.1) is 17.8 Å². The first-order valence-corrected chi connectivity index (χ1v) is 14.0. The fourth-order valence-electron chi connectivity index (χ4n) is 6.13. The molecule has 2 amide bonds. The maximum absolute atomic E-state index is 13.2. The Morgan fingerprint density at radius 3 is 2.81 bits per heavy atom. The first kappa shape index (κ1) is 25.2. The average Bonchev–Trinajstić information content (AvgIpc) is 3.47. The van der Waals surface area contributed by atoms with Crippen LogP contribution in [0.2, 0.25) is 0 Å². The van der Waals surface area contributed by atoms with Gasteiger partial charge in [0, 0.05) is 46.9 Å². The molecule has 0 unspecified atom stereocenters. The first-order valence-electron chi connectivity index (χ1n) is 12.3. The summed E-state index contributed by atoms with van der Waals surface area (Å²) in [6.45, 7) is 7.07. The molecule has 0 bridgehead atoms. The number of hydrogen-bond donors (Lipinski definition) is 3. The summed E-state index contributed by atoms with van der Waals surface area (Å²) >= 11 is 2.90. The van der Waals surface area contributed by atoms with Crippen molar-refractivity contribution in [3.8, 4) is 0 Å². The van der Waals surface area contributed by atoms with Crippen LogP contribution < -0.4 is 11.1 Å². The highest BCUT2D eigenvalue weighted by molar-refractivity contribution is 8.03. The van der Waals surface area contributed by atoms with E-state index in [-0.39, 0.29) is 58.4 Å². The number of carboxylic acid groups (broad SMARTS) is 1. The van der Waals surface area contributed by atoms with Gasteiger partial charge in [-0.25, -0.2) is 9.78 Å². The molecule has 0 aliphatic carbocycles. The second-order valence-corrected chi connectivity index (χ2v) is 12.7. The minimum absolute atomic E-state index is 0.0204. The molecule has 2 fully saturated rings. The van der Waals surface area contributed by atoms with Crippen molar-refractivity contribution in [3.63, 3.8) is 0 Å². The number of thioether (sulfide) groups is 1. The largest absolute Gasteiger partial charge is 0.477 e. The molecule has 5 heterocycles. The Hall–Kier alpha value is -2.44. The number of carboxylic acids is 1. The molecular formula is C24H31N5O5S2. The van der Waals surface area contributed by atoms with Gasteiger partial charge in [-0.1, -0.05) is 13.8 Å². The summed E-state index contributed by atoms with van der Waals surface area (Å²) in [6.07, 6.45) is 1.59. The standard InChI is InChI=1S/C24H31N5O5S2/c1-10(6-11(2)30)17-18-12(3)20(19(23(33)34)29(18)22(17)32)35-13-7-15(26-8-13)21(31)28-5-4-14-16(9-28)36-24(25)27-14/h10,12-13,15,17-18,26H,4-9H2,1-3H3,(H2,25,27)(H,33,34)/t10-,12+,13-,15-,17+,18+/m0/s1. The monoisotopic (exact) mass is 533 g/mol. The molecular weight excluding hydrogens is 502 g/mol. The van der Waals surface area contributed by atoms with E-state index in [1.807, 2.05) is 18.7 Å². The topological polar surface area (TPSA) is 146 Å². The number of anilines is 1. The molecule has 1 aromatic heterocycles. The number of fused-ring (bicyclic) bond motifs is 2. The van der Waals surface area contributed by atoms with E-state index >= 15 is 0 Å². The van der Waals surface area contributed by atoms with Gasteiger partial charge < -0.3 is 30.8 Å². The maximum Gasteiger partial charge on any atom is 0.353 e. The molecule has 0 radical (unpaired) electrons. The highest BCUT2D eigenvalue weighted by Gasteiger charge is 2.60. The lowest BCUT2D eigenvalue weighted by Crippen LogP contribution is -2.62. The van der Waals surface area contributed by atoms with E-state index in [9.17, 15) is 24.3 Å². The van der Waals surface area contributed by atoms with Crippen molar-refractivity contribution in [2.45, 2.75) is 63.9 Å². The molecule has 1 aromatic rings. The fraction of sp³-hybridized carbons (Fsp3) is 0.625. The van der Waals surface area contributed by atoms with Gasteiger partial charge in [-0.3, -0.25) is 9.59 Å². The van der Waals surface area contributed by atoms with Gasteiger partial charge in [0.1, 0.15) is 11.5 Å². The van der Waals surface area contributed by atoms with E-state index in [0.717, 1.165) is 10.6 Å². The van der Waals surface area contributed by atoms with Crippen molar-refractivity contribution in [1.82, 2.24) is 20.1 Å². The van der Waals surface area contributed by atoms with Gasteiger partial charge in [0.05, 0.1) is 30.2 Å². The fourth-order valence-corrected chi connectivity index (χ4v) is 8.50. The zero-order valence-electron chi connectivity index (χ0n) is 20.5. The number of thiazole rings is 1. The number of carbonyl (C=O) groups excluding carboxylic acids is 3. The summed E-state index contributed by atoms with van der Waals surface area (Å²) in [7, 11) is 0. The molecule has 5 rings (SSSR count). The maximum atomic E-state index is 13.2. The first-order chi connectivity index (χ1) is 17.1. The van der Waals surface area contributed by atoms with E-state index in [0.29, 0.717) is 48.9 Å². The molecule has 6 atom stereocenters. The van der Waals surface area contributed by atoms with Crippen molar-refractivity contribution in [1.29, 1.82) is 0 Å². The summed E-state index contributed by atoms with van der Waals surface area (Å²) < 4.78 is 0. The zero-order chi connectivity index (χ0) is 25.9. The van der Waals surface area contributed by atoms with Crippen LogP contribution in [0.15, 0.2) is 10.6 Å². The second kappa shape index (κ2) is 9.46. The number of carbonyl (C=O) groups is 4. The minimum atomic E-state index is -1.11. The minimum Gasteiger partial charge on any atom is -0.477 e. The van der Waals surface area contributed by atoms with Crippen molar-refractivity contribution in [3.05, 3.63) is 21.2 Å². The van der Waals surface area contributed by atoms with Gasteiger partial charge in [-0.15, -0.1) is 23.1 Å². The molecule has 0 saturated carbocycles. The van der Waals surface area contributed by atoms with Gasteiger partial charge in [-0.05, 0) is 19.3 Å². The van der Waals surface area contributed by atoms with Crippen LogP contribution in [0.4, 0.5) is 5.13 Å². The lowest BCUT2D eigenvalue weighted by Gasteiger charge is -2.47. The van der Waals surface area contributed by atoms with Gasteiger partial charge in [0.2, 0.25) is 11.8 Å². The molecule has 2 saturated heterocycles. The van der Waals surface area contributed by atoms with Crippen LogP contribution in [0.1, 0.15) is 44.2 Å². The number of aromatic nitrogens is 1. The van der Waals surface area contributed by atoms with Gasteiger partial charge in [0.25, 0.3) is 0 Å². The number of β-lactam (4-membered cyclic amide) rings is 1. The quantitative estimate of drug-likeness (QED) is 0.443. The zero-order valence-corrected chi connectivity index (χ0v) is 22.2. The third kappa shape index (κ3) is 4.22. The predicted octanol–water partition coefficient (Wildman–Crippen LogP) is 1.46. The Morgan fingerprint density at radius 1 is 1.36 bits per heavy atom. The summed E-state index contributed by atoms with van der Waals surface area (Å²) in [5.74, 6) is -1.87. The van der Waals surface area contributed by atoms with Crippen LogP contribution >= 0.6 is 23.1 Å². The number of amides is 2. The van der Waals surface area contributed by atoms with Gasteiger partial charge >= 0.3 is 5.97 Å². The Balaban J connectivity index is 1.26. The Morgan fingerprint density at radius 2 is 2.11 bits per heavy atom. The Labute approximate surface area is 217 Å². The Bertz CT molecular complexity index is 1170. The second-order valence-electron chi connectivity index (χ2n) is 10.3. The third-order valence-electron chi connectivity index (χ3n) is 7.76. The van der Waals surface area contributed by atoms with Gasteiger partial charge in [-0.2, -0.15) is 0 Å². The van der Waals surface area contributed by atoms with Crippen molar-refractivity contribution in [2.24, 2.45) is 17.8 Å². The van der Waals surface area contributed by atoms with E-state index in [2.05, 4.69) is 10.3 Å². The lowest BCUT2D eigenvalue weighted by atomic mass is 9.73. The van der Waals surface area contributed by atoms with Crippen LogP contribution in [0.3, 0.4) is 0 Å². The van der Waals surface area contributed by atoms with Crippen LogP contribution in [-0.2, 0) is 32.1 Å². The van der Waals surface area contributed by atoms with Crippen LogP contribution in [0.5, 0.6) is 0 Å². The van der Waals surface area contributed by atoms with E-state index < -0.39 is 5.97 Å². The lowest BCUT2D eigenvalue weighted by molar-refractivity contribution is -0.160. The number of rotatable bonds is 7. The molecule has 4 aliphatic rings. The molecule has 10 nitrogen and oxygen atoms in total. The molecule has 0 aromatic carbocycles. The van der Waals surface area contributed by atoms with Crippen molar-refractivity contribution < 1.29 is 24.3 Å². The Kier molecular flexibility index (Phi) is 6.63. The molecule has 4 N–H and O–H groups in total. The molecule has 4 aliphatic heterocycles. The van der Waals surface area contributed by atoms with E-state index in [1.54, 1.807) is 0 Å². The number of nitrogen functional groups attached to an aromatic ring is 1. The summed E-state index contributed by atoms with van der Waals surface area (Å²) in [6, 6.07) is -0.566. The molecule has 12 heteroatoms. The predicted molar refractivity (Wildman–Crippen MR) is 136 cm³/mol. The number of aliphatic carboxylic acids is 1. The normalized spacial score (nSPS) is 30.2. The van der Waals surface area contributed by atoms with E-state index in [1.165, 1.54) is 34.9 Å². The number of nitrogens with two attached hydrogens (primary N) is 1. The number of nitrogens with one attached hydrogen (secondary N) is 1. The van der Waals surface area contributed by atoms with E-state index in [4.69, 9.17) is 5.73 Å². The summed E-state index contributed by atoms with van der Waals surface area (Å²) in [4.78, 5) is 59.3. The van der Waals surface area contributed by atoms with Crippen molar-refractivity contribution in [2.75, 3.05) is 18.8 Å². The van der Waals surface area contributed by atoms with Gasteiger partial charge in [0.15, 0.2) is 5.13 Å². The smallest absolute Gasteiger partial charge is 0.353 e. The molecule has 194 valence electrons. The number of Topliss-reactive ketones (excluding diaryl/α,β-unsaturated/α-hetero) is 1. The van der Waals surface area contributed by atoms with Crippen molar-refractivity contribution >= 4 is 51.8 Å². The van der Waals surface area contributed by atoms with Crippen LogP contribution in [0.25, 0.3) is 0 Å². The molecule has 36 heavy (non-hydrogen) atoms. The summed E-state index contributed by atoms with van der Waals surface area (Å²) in [5.41, 5.74) is 6.87. The summed E-state index contributed by atoms with van der Waals surface area (Å²) in [5, 5.41) is 13.8. The number of hydrogen-bond acceptors (Lipinski definition) is 9. The average molecular weight is 534 g/mol. The SMILES string of the molecule is CC(=O)C[C@H](C)[C@H]1C(=O)N2C(C(=O)O)=C(S[C@@H]3CN[C@H](C(=O)N4CCc5nc(N)sc5C4)C3)[C@H](C)[C@H]12.